The molecule has 6 heteroatoms. The first-order valence-corrected chi connectivity index (χ1v) is 7.71. The maximum Gasteiger partial charge on any atom is 0.268 e. The number of amides is 1. The lowest BCUT2D eigenvalue weighted by molar-refractivity contribution is 0.0995. The number of ether oxygens (including phenoxy) is 1. The Morgan fingerprint density at radius 2 is 2.22 bits per heavy atom. The molecule has 1 aliphatic heterocycles. The summed E-state index contributed by atoms with van der Waals surface area (Å²) in [5, 5.41) is 0. The summed E-state index contributed by atoms with van der Waals surface area (Å²) in [5.74, 6) is 0.185. The van der Waals surface area contributed by atoms with Crippen molar-refractivity contribution in [3.8, 4) is 0 Å². The highest BCUT2D eigenvalue weighted by molar-refractivity contribution is 5.90. The van der Waals surface area contributed by atoms with E-state index in [0.29, 0.717) is 19.0 Å². The molecule has 1 aromatic carbocycles. The SMILES string of the molecule is COCc1nc(C(N)=O)cn1Cc1ccc2c(c1)CN(C)CC2. The van der Waals surface area contributed by atoms with Gasteiger partial charge in [0.2, 0.25) is 0 Å². The zero-order valence-corrected chi connectivity index (χ0v) is 13.6. The molecule has 1 aliphatic rings. The van der Waals surface area contributed by atoms with Crippen molar-refractivity contribution in [3.63, 3.8) is 0 Å². The number of carbonyl (C=O) groups is 1. The van der Waals surface area contributed by atoms with Crippen LogP contribution >= 0.6 is 0 Å². The number of benzene rings is 1. The minimum Gasteiger partial charge on any atom is -0.377 e. The number of nitrogens with zero attached hydrogens (tertiary/aromatic N) is 3. The van der Waals surface area contributed by atoms with Crippen LogP contribution in [0.1, 0.15) is 33.0 Å². The molecule has 6 nitrogen and oxygen atoms in total. The molecule has 1 aromatic heterocycles. The summed E-state index contributed by atoms with van der Waals surface area (Å²) >= 11 is 0. The molecule has 0 spiro atoms. The number of aromatic nitrogens is 2. The number of hydrogen-bond donors (Lipinski definition) is 1. The van der Waals surface area contributed by atoms with Crippen LogP contribution < -0.4 is 5.73 Å². The predicted octanol–water partition coefficient (Wildman–Crippen LogP) is 1.16. The van der Waals surface area contributed by atoms with E-state index in [1.807, 2.05) is 4.57 Å². The van der Waals surface area contributed by atoms with Gasteiger partial charge >= 0.3 is 0 Å². The lowest BCUT2D eigenvalue weighted by atomic mass is 9.97. The summed E-state index contributed by atoms with van der Waals surface area (Å²) in [4.78, 5) is 17.9. The number of hydrogen-bond acceptors (Lipinski definition) is 4. The molecule has 3 rings (SSSR count). The number of imidazole rings is 1. The van der Waals surface area contributed by atoms with Crippen molar-refractivity contribution in [1.82, 2.24) is 14.5 Å². The van der Waals surface area contributed by atoms with Crippen LogP contribution in [0.4, 0.5) is 0 Å². The van der Waals surface area contributed by atoms with Crippen LogP contribution in [0.5, 0.6) is 0 Å². The van der Waals surface area contributed by atoms with E-state index in [9.17, 15) is 4.79 Å². The van der Waals surface area contributed by atoms with Gasteiger partial charge in [0.05, 0.1) is 0 Å². The van der Waals surface area contributed by atoms with Gasteiger partial charge in [-0.3, -0.25) is 4.79 Å². The van der Waals surface area contributed by atoms with Gasteiger partial charge in [-0.25, -0.2) is 4.98 Å². The minimum absolute atomic E-state index is 0.273. The largest absolute Gasteiger partial charge is 0.377 e. The summed E-state index contributed by atoms with van der Waals surface area (Å²) < 4.78 is 7.09. The molecule has 2 N–H and O–H groups in total. The second-order valence-corrected chi connectivity index (χ2v) is 6.06. The second kappa shape index (κ2) is 6.52. The number of likely N-dealkylation sites (N-methyl/N-ethyl adjacent to an activating group) is 1. The van der Waals surface area contributed by atoms with Crippen molar-refractivity contribution in [2.24, 2.45) is 5.73 Å². The van der Waals surface area contributed by atoms with Crippen molar-refractivity contribution < 1.29 is 9.53 Å². The molecule has 122 valence electrons. The first-order chi connectivity index (χ1) is 11.1. The number of rotatable bonds is 5. The van der Waals surface area contributed by atoms with E-state index >= 15 is 0 Å². The fraction of sp³-hybridized carbons (Fsp3) is 0.412. The van der Waals surface area contributed by atoms with Crippen molar-refractivity contribution in [3.05, 3.63) is 52.6 Å². The summed E-state index contributed by atoms with van der Waals surface area (Å²) in [6, 6.07) is 6.59. The molecule has 0 saturated carbocycles. The molecule has 0 aliphatic carbocycles. The molecule has 2 heterocycles. The fourth-order valence-electron chi connectivity index (χ4n) is 3.00. The Balaban J connectivity index is 1.87. The standard InChI is InChI=1S/C17H22N4O2/c1-20-6-5-13-4-3-12(7-14(13)9-20)8-21-10-15(17(18)22)19-16(21)11-23-2/h3-4,7,10H,5-6,8-9,11H2,1-2H3,(H2,18,22). The Kier molecular flexibility index (Phi) is 4.45. The van der Waals surface area contributed by atoms with Crippen LogP contribution in [0, 0.1) is 0 Å². The molecule has 0 saturated heterocycles. The number of primary amides is 1. The second-order valence-electron chi connectivity index (χ2n) is 6.06. The van der Waals surface area contributed by atoms with E-state index in [1.54, 1.807) is 13.3 Å². The molecular weight excluding hydrogens is 292 g/mol. The Bertz CT molecular complexity index is 723. The summed E-state index contributed by atoms with van der Waals surface area (Å²) in [5.41, 5.74) is 9.59. The van der Waals surface area contributed by atoms with Crippen molar-refractivity contribution >= 4 is 5.91 Å². The van der Waals surface area contributed by atoms with Gasteiger partial charge in [-0.05, 0) is 30.2 Å². The van der Waals surface area contributed by atoms with Crippen molar-refractivity contribution in [2.75, 3.05) is 20.7 Å². The third-order valence-corrected chi connectivity index (χ3v) is 4.21. The highest BCUT2D eigenvalue weighted by Gasteiger charge is 2.15. The van der Waals surface area contributed by atoms with Crippen LogP contribution in [-0.2, 0) is 30.9 Å². The van der Waals surface area contributed by atoms with Crippen LogP contribution in [-0.4, -0.2) is 41.1 Å². The van der Waals surface area contributed by atoms with Crippen LogP contribution in [0.15, 0.2) is 24.4 Å². The topological polar surface area (TPSA) is 73.4 Å². The smallest absolute Gasteiger partial charge is 0.268 e. The molecular formula is C17H22N4O2. The van der Waals surface area contributed by atoms with Gasteiger partial charge in [0.1, 0.15) is 18.1 Å². The summed E-state index contributed by atoms with van der Waals surface area (Å²) in [6.45, 7) is 3.08. The van der Waals surface area contributed by atoms with Crippen LogP contribution in [0.25, 0.3) is 0 Å². The van der Waals surface area contributed by atoms with Gasteiger partial charge in [-0.1, -0.05) is 18.2 Å². The average molecular weight is 314 g/mol. The Morgan fingerprint density at radius 1 is 1.39 bits per heavy atom. The molecule has 2 aromatic rings. The summed E-state index contributed by atoms with van der Waals surface area (Å²) in [7, 11) is 3.75. The third kappa shape index (κ3) is 3.43. The molecule has 0 radical (unpaired) electrons. The lowest BCUT2D eigenvalue weighted by Gasteiger charge is -2.25. The van der Waals surface area contributed by atoms with Crippen LogP contribution in [0.3, 0.4) is 0 Å². The highest BCUT2D eigenvalue weighted by atomic mass is 16.5. The van der Waals surface area contributed by atoms with Crippen molar-refractivity contribution in [2.45, 2.75) is 26.1 Å². The fourth-order valence-corrected chi connectivity index (χ4v) is 3.00. The van der Waals surface area contributed by atoms with Crippen molar-refractivity contribution in [1.29, 1.82) is 0 Å². The lowest BCUT2D eigenvalue weighted by Crippen LogP contribution is -2.26. The monoisotopic (exact) mass is 314 g/mol. The molecule has 0 bridgehead atoms. The minimum atomic E-state index is -0.520. The van der Waals surface area contributed by atoms with E-state index in [-0.39, 0.29) is 5.69 Å². The number of nitrogens with two attached hydrogens (primary N) is 1. The predicted molar refractivity (Wildman–Crippen MR) is 87.0 cm³/mol. The maximum atomic E-state index is 11.4. The maximum absolute atomic E-state index is 11.4. The molecule has 0 atom stereocenters. The van der Waals surface area contributed by atoms with E-state index in [1.165, 1.54) is 16.7 Å². The van der Waals surface area contributed by atoms with Gasteiger partial charge in [0.15, 0.2) is 0 Å². The molecule has 1 amide bonds. The molecule has 23 heavy (non-hydrogen) atoms. The first kappa shape index (κ1) is 15.7. The van der Waals surface area contributed by atoms with Gasteiger partial charge < -0.3 is 19.9 Å². The number of methoxy groups -OCH3 is 1. The van der Waals surface area contributed by atoms with E-state index in [0.717, 1.165) is 19.5 Å². The van der Waals surface area contributed by atoms with E-state index < -0.39 is 5.91 Å². The molecule has 0 fully saturated rings. The quantitative estimate of drug-likeness (QED) is 0.899. The number of fused-ring (bicyclic) bond motifs is 1. The zero-order valence-electron chi connectivity index (χ0n) is 13.6. The van der Waals surface area contributed by atoms with E-state index in [4.69, 9.17) is 10.5 Å². The number of carbonyl (C=O) groups excluding carboxylic acids is 1. The van der Waals surface area contributed by atoms with Gasteiger partial charge in [-0.2, -0.15) is 0 Å². The highest BCUT2D eigenvalue weighted by Crippen LogP contribution is 2.20. The van der Waals surface area contributed by atoms with E-state index in [2.05, 4.69) is 35.1 Å². The van der Waals surface area contributed by atoms with Gasteiger partial charge in [0.25, 0.3) is 5.91 Å². The average Bonchev–Trinajstić information content (AvgIpc) is 2.90. The normalized spacial score (nSPS) is 14.7. The third-order valence-electron chi connectivity index (χ3n) is 4.21. The Hall–Kier alpha value is -2.18. The first-order valence-electron chi connectivity index (χ1n) is 7.71. The Morgan fingerprint density at radius 3 is 2.96 bits per heavy atom. The van der Waals surface area contributed by atoms with Crippen LogP contribution in [0.2, 0.25) is 0 Å². The summed E-state index contributed by atoms with van der Waals surface area (Å²) in [6.07, 6.45) is 2.79. The molecule has 0 unspecified atom stereocenters. The zero-order chi connectivity index (χ0) is 16.4. The van der Waals surface area contributed by atoms with Gasteiger partial charge in [-0.15, -0.1) is 0 Å². The Labute approximate surface area is 135 Å². The van der Waals surface area contributed by atoms with Gasteiger partial charge in [0, 0.05) is 32.9 Å².